The Bertz CT molecular complexity index is 445. The summed E-state index contributed by atoms with van der Waals surface area (Å²) in [5.41, 5.74) is 8.80. The van der Waals surface area contributed by atoms with E-state index in [0.717, 1.165) is 38.4 Å². The number of nitrogens with two attached hydrogens (primary N) is 1. The summed E-state index contributed by atoms with van der Waals surface area (Å²) in [6.45, 7) is 5.37. The van der Waals surface area contributed by atoms with Crippen LogP contribution in [0.15, 0.2) is 24.3 Å². The highest BCUT2D eigenvalue weighted by Gasteiger charge is 2.41. The molecule has 1 aliphatic heterocycles. The summed E-state index contributed by atoms with van der Waals surface area (Å²) in [7, 11) is 0. The van der Waals surface area contributed by atoms with Crippen LogP contribution in [-0.2, 0) is 0 Å². The van der Waals surface area contributed by atoms with Gasteiger partial charge >= 0.3 is 0 Å². The molecule has 3 heteroatoms. The second-order valence-electron chi connectivity index (χ2n) is 6.63. The van der Waals surface area contributed by atoms with Gasteiger partial charge in [-0.1, -0.05) is 29.8 Å². The maximum absolute atomic E-state index is 9.95. The smallest absolute Gasteiger partial charge is 0.0583 e. The lowest BCUT2D eigenvalue weighted by atomic mass is 10.00. The van der Waals surface area contributed by atoms with Crippen LogP contribution in [-0.4, -0.2) is 35.7 Å². The quantitative estimate of drug-likeness (QED) is 0.884. The summed E-state index contributed by atoms with van der Waals surface area (Å²) in [4.78, 5) is 2.49. The number of rotatable bonds is 4. The minimum absolute atomic E-state index is 0.0595. The van der Waals surface area contributed by atoms with Crippen molar-refractivity contribution in [3.8, 4) is 0 Å². The molecule has 0 spiro atoms. The van der Waals surface area contributed by atoms with Gasteiger partial charge in [0.05, 0.1) is 6.10 Å². The van der Waals surface area contributed by atoms with Crippen molar-refractivity contribution in [2.24, 2.45) is 17.6 Å². The van der Waals surface area contributed by atoms with Gasteiger partial charge in [-0.2, -0.15) is 0 Å². The molecule has 1 heterocycles. The Morgan fingerprint density at radius 1 is 1.25 bits per heavy atom. The molecule has 2 aliphatic rings. The summed E-state index contributed by atoms with van der Waals surface area (Å²) in [6.07, 6.45) is 3.15. The molecule has 110 valence electrons. The molecule has 3 nitrogen and oxygen atoms in total. The summed E-state index contributed by atoms with van der Waals surface area (Å²) in [6, 6.07) is 8.67. The molecule has 0 amide bonds. The molecular formula is C17H26N2O. The largest absolute Gasteiger partial charge is 0.393 e. The van der Waals surface area contributed by atoms with Gasteiger partial charge in [-0.05, 0) is 44.2 Å². The molecule has 0 bridgehead atoms. The highest BCUT2D eigenvalue weighted by atomic mass is 16.3. The van der Waals surface area contributed by atoms with Crippen molar-refractivity contribution in [1.29, 1.82) is 0 Å². The van der Waals surface area contributed by atoms with Gasteiger partial charge in [0.15, 0.2) is 0 Å². The molecule has 3 rings (SSSR count). The van der Waals surface area contributed by atoms with E-state index in [2.05, 4.69) is 36.1 Å². The van der Waals surface area contributed by atoms with Gasteiger partial charge in [0.2, 0.25) is 0 Å². The van der Waals surface area contributed by atoms with Crippen molar-refractivity contribution < 1.29 is 5.11 Å². The predicted molar refractivity (Wildman–Crippen MR) is 81.4 cm³/mol. The third kappa shape index (κ3) is 2.90. The molecule has 4 unspecified atom stereocenters. The zero-order valence-electron chi connectivity index (χ0n) is 12.3. The van der Waals surface area contributed by atoms with Crippen LogP contribution in [0.25, 0.3) is 0 Å². The maximum atomic E-state index is 9.95. The fraction of sp³-hybridized carbons (Fsp3) is 0.647. The molecule has 1 aliphatic carbocycles. The number of aryl methyl sites for hydroxylation is 1. The summed E-state index contributed by atoms with van der Waals surface area (Å²) in [5.74, 6) is 1.24. The molecule has 1 saturated carbocycles. The lowest BCUT2D eigenvalue weighted by Gasteiger charge is -2.20. The van der Waals surface area contributed by atoms with Gasteiger partial charge in [-0.3, -0.25) is 0 Å². The monoisotopic (exact) mass is 274 g/mol. The summed E-state index contributed by atoms with van der Waals surface area (Å²) < 4.78 is 0. The molecule has 2 fully saturated rings. The Kier molecular flexibility index (Phi) is 4.11. The highest BCUT2D eigenvalue weighted by Crippen LogP contribution is 2.38. The van der Waals surface area contributed by atoms with E-state index in [1.54, 1.807) is 0 Å². The molecule has 0 radical (unpaired) electrons. The van der Waals surface area contributed by atoms with Gasteiger partial charge in [-0.25, -0.2) is 0 Å². The van der Waals surface area contributed by atoms with Crippen molar-refractivity contribution >= 4 is 0 Å². The van der Waals surface area contributed by atoms with E-state index in [1.807, 2.05) is 0 Å². The van der Waals surface area contributed by atoms with E-state index in [9.17, 15) is 5.11 Å². The Morgan fingerprint density at radius 2 is 2.00 bits per heavy atom. The SMILES string of the molecule is Cc1ccc(C(N)CCN2CC3CCC(O)C3C2)cc1. The van der Waals surface area contributed by atoms with Gasteiger partial charge in [0.1, 0.15) is 0 Å². The Hall–Kier alpha value is -0.900. The van der Waals surface area contributed by atoms with Crippen LogP contribution in [0.4, 0.5) is 0 Å². The van der Waals surface area contributed by atoms with Crippen molar-refractivity contribution in [2.45, 2.75) is 38.3 Å². The zero-order chi connectivity index (χ0) is 14.1. The van der Waals surface area contributed by atoms with Crippen LogP contribution >= 0.6 is 0 Å². The first-order chi connectivity index (χ1) is 9.63. The van der Waals surface area contributed by atoms with Crippen LogP contribution in [0, 0.1) is 18.8 Å². The number of aliphatic hydroxyl groups is 1. The molecular weight excluding hydrogens is 248 g/mol. The van der Waals surface area contributed by atoms with Crippen LogP contribution < -0.4 is 5.73 Å². The average molecular weight is 274 g/mol. The average Bonchev–Trinajstić information content (AvgIpc) is 2.99. The molecule has 1 aromatic carbocycles. The topological polar surface area (TPSA) is 49.5 Å². The first-order valence-electron chi connectivity index (χ1n) is 7.86. The fourth-order valence-corrected chi connectivity index (χ4v) is 3.81. The lowest BCUT2D eigenvalue weighted by Crippen LogP contribution is -2.28. The van der Waals surface area contributed by atoms with Crippen molar-refractivity contribution in [2.75, 3.05) is 19.6 Å². The second kappa shape index (κ2) is 5.84. The number of fused-ring (bicyclic) bond motifs is 1. The number of benzene rings is 1. The molecule has 0 aromatic heterocycles. The number of hydrogen-bond acceptors (Lipinski definition) is 3. The van der Waals surface area contributed by atoms with E-state index >= 15 is 0 Å². The fourth-order valence-electron chi connectivity index (χ4n) is 3.81. The van der Waals surface area contributed by atoms with Crippen LogP contribution in [0.5, 0.6) is 0 Å². The van der Waals surface area contributed by atoms with Crippen molar-refractivity contribution in [3.63, 3.8) is 0 Å². The summed E-state index contributed by atoms with van der Waals surface area (Å²) >= 11 is 0. The van der Waals surface area contributed by atoms with E-state index < -0.39 is 0 Å². The van der Waals surface area contributed by atoms with Crippen LogP contribution in [0.3, 0.4) is 0 Å². The minimum atomic E-state index is -0.0595. The number of aliphatic hydroxyl groups excluding tert-OH is 1. The molecule has 1 aromatic rings. The van der Waals surface area contributed by atoms with Gasteiger partial charge in [0, 0.05) is 25.0 Å². The molecule has 3 N–H and O–H groups in total. The van der Waals surface area contributed by atoms with Crippen LogP contribution in [0.1, 0.15) is 36.4 Å². The van der Waals surface area contributed by atoms with Gasteiger partial charge in [-0.15, -0.1) is 0 Å². The standard InChI is InChI=1S/C17H26N2O/c1-12-2-4-13(5-3-12)16(18)8-9-19-10-14-6-7-17(20)15(14)11-19/h2-5,14-17,20H,6-11,18H2,1H3. The van der Waals surface area contributed by atoms with Crippen LogP contribution in [0.2, 0.25) is 0 Å². The van der Waals surface area contributed by atoms with E-state index in [-0.39, 0.29) is 12.1 Å². The number of nitrogens with zero attached hydrogens (tertiary/aromatic N) is 1. The minimum Gasteiger partial charge on any atom is -0.393 e. The second-order valence-corrected chi connectivity index (χ2v) is 6.63. The normalized spacial score (nSPS) is 31.4. The Balaban J connectivity index is 1.49. The highest BCUT2D eigenvalue weighted by molar-refractivity contribution is 5.23. The predicted octanol–water partition coefficient (Wildman–Crippen LogP) is 2.09. The van der Waals surface area contributed by atoms with E-state index in [4.69, 9.17) is 5.73 Å². The zero-order valence-corrected chi connectivity index (χ0v) is 12.3. The maximum Gasteiger partial charge on any atom is 0.0583 e. The summed E-state index contributed by atoms with van der Waals surface area (Å²) in [5, 5.41) is 9.95. The molecule has 20 heavy (non-hydrogen) atoms. The van der Waals surface area contributed by atoms with Crippen molar-refractivity contribution in [3.05, 3.63) is 35.4 Å². The molecule has 4 atom stereocenters. The Labute approximate surface area is 121 Å². The van der Waals surface area contributed by atoms with Crippen molar-refractivity contribution in [1.82, 2.24) is 4.90 Å². The van der Waals surface area contributed by atoms with E-state index in [1.165, 1.54) is 17.5 Å². The first kappa shape index (κ1) is 14.1. The Morgan fingerprint density at radius 3 is 2.70 bits per heavy atom. The number of likely N-dealkylation sites (tertiary alicyclic amines) is 1. The third-order valence-corrected chi connectivity index (χ3v) is 5.16. The lowest BCUT2D eigenvalue weighted by molar-refractivity contribution is 0.124. The third-order valence-electron chi connectivity index (χ3n) is 5.16. The van der Waals surface area contributed by atoms with Gasteiger partial charge < -0.3 is 15.7 Å². The van der Waals surface area contributed by atoms with E-state index in [0.29, 0.717) is 5.92 Å². The first-order valence-corrected chi connectivity index (χ1v) is 7.86. The van der Waals surface area contributed by atoms with Gasteiger partial charge in [0.25, 0.3) is 0 Å². The number of hydrogen-bond donors (Lipinski definition) is 2. The molecule has 1 saturated heterocycles.